The first-order chi connectivity index (χ1) is 8.63. The van der Waals surface area contributed by atoms with E-state index in [0.29, 0.717) is 12.6 Å². The minimum Gasteiger partial charge on any atom is -0.380 e. The third-order valence-electron chi connectivity index (χ3n) is 3.80. The number of hydrogen-bond acceptors (Lipinski definition) is 3. The van der Waals surface area contributed by atoms with E-state index < -0.39 is 0 Å². The van der Waals surface area contributed by atoms with Gasteiger partial charge >= 0.3 is 0 Å². The molecule has 1 aromatic carbocycles. The quantitative estimate of drug-likeness (QED) is 0.889. The average molecular weight is 252 g/mol. The molecule has 2 atom stereocenters. The molecule has 0 bridgehead atoms. The summed E-state index contributed by atoms with van der Waals surface area (Å²) in [6.07, 6.45) is 1.02. The minimum atomic E-state index is -0.204. The van der Waals surface area contributed by atoms with Gasteiger partial charge in [0.05, 0.1) is 6.61 Å². The van der Waals surface area contributed by atoms with Crippen LogP contribution < -0.4 is 5.73 Å². The molecule has 0 saturated carbocycles. The number of aryl methyl sites for hydroxylation is 1. The number of ether oxygens (including phenoxy) is 1. The molecule has 3 nitrogen and oxygen atoms in total. The van der Waals surface area contributed by atoms with Gasteiger partial charge in [0.25, 0.3) is 0 Å². The fourth-order valence-electron chi connectivity index (χ4n) is 2.58. The zero-order valence-electron chi connectivity index (χ0n) is 11.0. The summed E-state index contributed by atoms with van der Waals surface area (Å²) < 4.78 is 18.8. The van der Waals surface area contributed by atoms with Crippen molar-refractivity contribution in [3.8, 4) is 0 Å². The van der Waals surface area contributed by atoms with E-state index in [1.54, 1.807) is 6.07 Å². The van der Waals surface area contributed by atoms with Crippen molar-refractivity contribution in [1.82, 2.24) is 4.90 Å². The molecule has 0 radical (unpaired) electrons. The molecule has 100 valence electrons. The minimum absolute atomic E-state index is 0.0485. The Labute approximate surface area is 108 Å². The van der Waals surface area contributed by atoms with Crippen molar-refractivity contribution in [3.05, 3.63) is 35.1 Å². The van der Waals surface area contributed by atoms with Gasteiger partial charge < -0.3 is 10.5 Å². The van der Waals surface area contributed by atoms with Crippen LogP contribution in [0.3, 0.4) is 0 Å². The smallest absolute Gasteiger partial charge is 0.123 e. The first-order valence-electron chi connectivity index (χ1n) is 6.39. The molecule has 2 N–H and O–H groups in total. The number of rotatable bonds is 4. The molecule has 4 heteroatoms. The van der Waals surface area contributed by atoms with Crippen molar-refractivity contribution in [2.45, 2.75) is 25.4 Å². The monoisotopic (exact) mass is 252 g/mol. The van der Waals surface area contributed by atoms with Crippen LogP contribution in [0.25, 0.3) is 0 Å². The van der Waals surface area contributed by atoms with Crippen LogP contribution in [0, 0.1) is 12.7 Å². The molecule has 18 heavy (non-hydrogen) atoms. The van der Waals surface area contributed by atoms with E-state index in [0.717, 1.165) is 30.8 Å². The van der Waals surface area contributed by atoms with Gasteiger partial charge in [0, 0.05) is 25.2 Å². The van der Waals surface area contributed by atoms with Crippen molar-refractivity contribution < 1.29 is 9.13 Å². The second-order valence-electron chi connectivity index (χ2n) is 4.94. The summed E-state index contributed by atoms with van der Waals surface area (Å²) in [7, 11) is 2.04. The maximum absolute atomic E-state index is 13.4. The van der Waals surface area contributed by atoms with Gasteiger partial charge in [0.2, 0.25) is 0 Å². The lowest BCUT2D eigenvalue weighted by molar-refractivity contribution is 0.134. The third-order valence-corrected chi connectivity index (χ3v) is 3.80. The molecule has 2 unspecified atom stereocenters. The molecule has 0 aliphatic carbocycles. The highest BCUT2D eigenvalue weighted by Crippen LogP contribution is 2.26. The highest BCUT2D eigenvalue weighted by atomic mass is 19.1. The molecule has 1 aromatic rings. The van der Waals surface area contributed by atoms with Gasteiger partial charge in [-0.05, 0) is 43.7 Å². The fraction of sp³-hybridized carbons (Fsp3) is 0.571. The van der Waals surface area contributed by atoms with Gasteiger partial charge in [-0.25, -0.2) is 4.39 Å². The van der Waals surface area contributed by atoms with Gasteiger partial charge in [-0.2, -0.15) is 0 Å². The summed E-state index contributed by atoms with van der Waals surface area (Å²) >= 11 is 0. The zero-order valence-corrected chi connectivity index (χ0v) is 11.0. The van der Waals surface area contributed by atoms with Gasteiger partial charge in [-0.1, -0.05) is 6.07 Å². The van der Waals surface area contributed by atoms with Crippen LogP contribution in [0.4, 0.5) is 4.39 Å². The summed E-state index contributed by atoms with van der Waals surface area (Å²) in [6, 6.07) is 5.32. The lowest BCUT2D eigenvalue weighted by Crippen LogP contribution is -2.39. The first kappa shape index (κ1) is 13.5. The van der Waals surface area contributed by atoms with Gasteiger partial charge in [0.1, 0.15) is 5.82 Å². The molecule has 1 heterocycles. The first-order valence-corrected chi connectivity index (χ1v) is 6.39. The van der Waals surface area contributed by atoms with Crippen LogP contribution in [0.15, 0.2) is 18.2 Å². The predicted molar refractivity (Wildman–Crippen MR) is 69.9 cm³/mol. The van der Waals surface area contributed by atoms with Crippen LogP contribution in [-0.4, -0.2) is 37.7 Å². The molecular formula is C14H21FN2O. The van der Waals surface area contributed by atoms with Crippen molar-refractivity contribution in [1.29, 1.82) is 0 Å². The van der Waals surface area contributed by atoms with Crippen LogP contribution in [0.1, 0.15) is 23.6 Å². The molecule has 0 aromatic heterocycles. The Morgan fingerprint density at radius 2 is 2.33 bits per heavy atom. The Bertz CT molecular complexity index is 405. The summed E-state index contributed by atoms with van der Waals surface area (Å²) in [5.74, 6) is -0.204. The Hall–Kier alpha value is -0.970. The van der Waals surface area contributed by atoms with Crippen molar-refractivity contribution >= 4 is 0 Å². The Balaban J connectivity index is 2.23. The van der Waals surface area contributed by atoms with Gasteiger partial charge in [-0.3, -0.25) is 4.90 Å². The van der Waals surface area contributed by atoms with E-state index in [2.05, 4.69) is 4.90 Å². The number of nitrogens with zero attached hydrogens (tertiary/aromatic N) is 1. The number of likely N-dealkylation sites (N-methyl/N-ethyl adjacent to an activating group) is 1. The summed E-state index contributed by atoms with van der Waals surface area (Å²) in [5.41, 5.74) is 7.95. The van der Waals surface area contributed by atoms with E-state index in [4.69, 9.17) is 10.5 Å². The van der Waals surface area contributed by atoms with Crippen molar-refractivity contribution in [2.24, 2.45) is 5.73 Å². The Morgan fingerprint density at radius 3 is 2.94 bits per heavy atom. The van der Waals surface area contributed by atoms with Crippen molar-refractivity contribution in [2.75, 3.05) is 26.8 Å². The van der Waals surface area contributed by atoms with Crippen LogP contribution in [0.2, 0.25) is 0 Å². The Kier molecular flexibility index (Phi) is 4.32. The maximum atomic E-state index is 13.4. The molecule has 1 fully saturated rings. The van der Waals surface area contributed by atoms with Gasteiger partial charge in [0.15, 0.2) is 0 Å². The zero-order chi connectivity index (χ0) is 13.1. The van der Waals surface area contributed by atoms with Crippen LogP contribution in [0.5, 0.6) is 0 Å². The summed E-state index contributed by atoms with van der Waals surface area (Å²) in [5, 5.41) is 0. The van der Waals surface area contributed by atoms with E-state index in [9.17, 15) is 4.39 Å². The third kappa shape index (κ3) is 2.71. The molecule has 1 aliphatic heterocycles. The van der Waals surface area contributed by atoms with Crippen LogP contribution >= 0.6 is 0 Å². The predicted octanol–water partition coefficient (Wildman–Crippen LogP) is 1.85. The van der Waals surface area contributed by atoms with E-state index >= 15 is 0 Å². The SMILES string of the molecule is Cc1ccc(F)cc1C(CN)N(C)C1CCOC1. The fourth-order valence-corrected chi connectivity index (χ4v) is 2.58. The average Bonchev–Trinajstić information content (AvgIpc) is 2.88. The molecule has 1 aliphatic rings. The van der Waals surface area contributed by atoms with Crippen molar-refractivity contribution in [3.63, 3.8) is 0 Å². The van der Waals surface area contributed by atoms with E-state index in [1.807, 2.05) is 20.0 Å². The maximum Gasteiger partial charge on any atom is 0.123 e. The molecular weight excluding hydrogens is 231 g/mol. The second kappa shape index (κ2) is 5.78. The lowest BCUT2D eigenvalue weighted by atomic mass is 9.98. The van der Waals surface area contributed by atoms with Gasteiger partial charge in [-0.15, -0.1) is 0 Å². The molecule has 1 saturated heterocycles. The van der Waals surface area contributed by atoms with Crippen LogP contribution in [-0.2, 0) is 4.74 Å². The van der Waals surface area contributed by atoms with E-state index in [-0.39, 0.29) is 11.9 Å². The molecule has 2 rings (SSSR count). The highest BCUT2D eigenvalue weighted by Gasteiger charge is 2.27. The number of benzene rings is 1. The molecule has 0 amide bonds. The highest BCUT2D eigenvalue weighted by molar-refractivity contribution is 5.30. The van der Waals surface area contributed by atoms with E-state index in [1.165, 1.54) is 6.07 Å². The lowest BCUT2D eigenvalue weighted by Gasteiger charge is -2.32. The summed E-state index contributed by atoms with van der Waals surface area (Å²) in [4.78, 5) is 2.22. The number of nitrogens with two attached hydrogens (primary N) is 1. The molecule has 0 spiro atoms. The number of hydrogen-bond donors (Lipinski definition) is 1. The second-order valence-corrected chi connectivity index (χ2v) is 4.94. The largest absolute Gasteiger partial charge is 0.380 e. The normalized spacial score (nSPS) is 21.5. The Morgan fingerprint density at radius 1 is 1.56 bits per heavy atom. The topological polar surface area (TPSA) is 38.5 Å². The standard InChI is InChI=1S/C14H21FN2O/c1-10-3-4-11(15)7-13(10)14(8-16)17(2)12-5-6-18-9-12/h3-4,7,12,14H,5-6,8-9,16H2,1-2H3. The number of halogens is 1. The summed E-state index contributed by atoms with van der Waals surface area (Å²) in [6.45, 7) is 4.02.